The monoisotopic (exact) mass is 341 g/mol. The molecule has 0 atom stereocenters. The number of carbonyl (C=O) groups is 1. The molecule has 0 spiro atoms. The highest BCUT2D eigenvalue weighted by Gasteiger charge is 2.19. The molecule has 2 rings (SSSR count). The molecule has 0 aliphatic rings. The average Bonchev–Trinajstić information content (AvgIpc) is 2.81. The van der Waals surface area contributed by atoms with E-state index in [0.29, 0.717) is 16.2 Å². The number of esters is 1. The second kappa shape index (κ2) is 6.16. The molecule has 0 saturated heterocycles. The third-order valence-electron chi connectivity index (χ3n) is 2.41. The molecule has 19 heavy (non-hydrogen) atoms. The van der Waals surface area contributed by atoms with E-state index in [1.165, 1.54) is 18.4 Å². The van der Waals surface area contributed by atoms with Crippen molar-refractivity contribution in [2.75, 3.05) is 13.7 Å². The lowest BCUT2D eigenvalue weighted by Crippen LogP contribution is -2.03. The Kier molecular flexibility index (Phi) is 4.55. The van der Waals surface area contributed by atoms with Gasteiger partial charge in [0, 0.05) is 0 Å². The third kappa shape index (κ3) is 3.13. The molecule has 0 aliphatic carbocycles. The highest BCUT2D eigenvalue weighted by Crippen LogP contribution is 2.34. The van der Waals surface area contributed by atoms with Gasteiger partial charge in [0.15, 0.2) is 9.61 Å². The summed E-state index contributed by atoms with van der Waals surface area (Å²) in [7, 11) is 1.34. The van der Waals surface area contributed by atoms with Gasteiger partial charge in [-0.2, -0.15) is 0 Å². The van der Waals surface area contributed by atoms with E-state index in [2.05, 4.69) is 20.9 Å². The number of hydrogen-bond donors (Lipinski definition) is 0. The van der Waals surface area contributed by atoms with E-state index in [4.69, 9.17) is 9.47 Å². The summed E-state index contributed by atoms with van der Waals surface area (Å²) < 4.78 is 10.8. The number of aromatic nitrogens is 1. The molecule has 1 aromatic carbocycles. The van der Waals surface area contributed by atoms with Gasteiger partial charge >= 0.3 is 5.97 Å². The smallest absolute Gasteiger partial charge is 0.358 e. The maximum absolute atomic E-state index is 11.7. The van der Waals surface area contributed by atoms with Crippen LogP contribution in [0.15, 0.2) is 28.2 Å². The lowest BCUT2D eigenvalue weighted by molar-refractivity contribution is 0.0595. The van der Waals surface area contributed by atoms with Crippen LogP contribution in [0.3, 0.4) is 0 Å². The Morgan fingerprint density at radius 3 is 2.63 bits per heavy atom. The first-order valence-corrected chi connectivity index (χ1v) is 7.24. The van der Waals surface area contributed by atoms with E-state index in [1.54, 1.807) is 0 Å². The lowest BCUT2D eigenvalue weighted by Gasteiger charge is -2.04. The van der Waals surface area contributed by atoms with Gasteiger partial charge in [-0.1, -0.05) is 0 Å². The van der Waals surface area contributed by atoms with Crippen LogP contribution in [0.1, 0.15) is 17.4 Å². The van der Waals surface area contributed by atoms with Crippen LogP contribution in [0.4, 0.5) is 0 Å². The molecule has 0 radical (unpaired) electrons. The minimum Gasteiger partial charge on any atom is -0.494 e. The number of hydrogen-bond acceptors (Lipinski definition) is 5. The molecule has 1 aromatic heterocycles. The minimum absolute atomic E-state index is 0.323. The van der Waals surface area contributed by atoms with Gasteiger partial charge in [-0.15, -0.1) is 11.3 Å². The molecule has 2 aromatic rings. The fourth-order valence-electron chi connectivity index (χ4n) is 1.59. The van der Waals surface area contributed by atoms with Crippen LogP contribution in [0.25, 0.3) is 10.4 Å². The van der Waals surface area contributed by atoms with Crippen LogP contribution in [0.5, 0.6) is 5.75 Å². The number of carbonyl (C=O) groups excluding carboxylic acids is 1. The Hall–Kier alpha value is -1.40. The van der Waals surface area contributed by atoms with Crippen molar-refractivity contribution in [3.8, 4) is 16.2 Å². The summed E-state index contributed by atoms with van der Waals surface area (Å²) in [5.74, 6) is 0.361. The van der Waals surface area contributed by atoms with Crippen LogP contribution in [0.2, 0.25) is 0 Å². The molecule has 100 valence electrons. The number of nitrogens with zero attached hydrogens (tertiary/aromatic N) is 1. The topological polar surface area (TPSA) is 48.4 Å². The highest BCUT2D eigenvalue weighted by atomic mass is 79.9. The van der Waals surface area contributed by atoms with Crippen molar-refractivity contribution in [3.63, 3.8) is 0 Å². The molecule has 0 fully saturated rings. The van der Waals surface area contributed by atoms with Crippen LogP contribution < -0.4 is 4.74 Å². The molecule has 0 bridgehead atoms. The van der Waals surface area contributed by atoms with Gasteiger partial charge in [-0.3, -0.25) is 0 Å². The maximum atomic E-state index is 11.7. The maximum Gasteiger partial charge on any atom is 0.358 e. The number of halogens is 1. The zero-order valence-electron chi connectivity index (χ0n) is 10.5. The van der Waals surface area contributed by atoms with Crippen molar-refractivity contribution in [1.82, 2.24) is 4.98 Å². The number of rotatable bonds is 4. The second-order valence-electron chi connectivity index (χ2n) is 3.59. The quantitative estimate of drug-likeness (QED) is 0.794. The largest absolute Gasteiger partial charge is 0.494 e. The summed E-state index contributed by atoms with van der Waals surface area (Å²) in [6.45, 7) is 2.56. The predicted molar refractivity (Wildman–Crippen MR) is 77.8 cm³/mol. The van der Waals surface area contributed by atoms with E-state index in [1.807, 2.05) is 31.2 Å². The van der Waals surface area contributed by atoms with Crippen LogP contribution in [-0.4, -0.2) is 24.7 Å². The molecule has 1 heterocycles. The normalized spacial score (nSPS) is 10.3. The summed E-state index contributed by atoms with van der Waals surface area (Å²) in [5.41, 5.74) is 1.23. The first-order chi connectivity index (χ1) is 9.15. The number of methoxy groups -OCH3 is 1. The minimum atomic E-state index is -0.439. The predicted octanol–water partition coefficient (Wildman–Crippen LogP) is 3.76. The van der Waals surface area contributed by atoms with Crippen molar-refractivity contribution in [2.24, 2.45) is 0 Å². The van der Waals surface area contributed by atoms with E-state index < -0.39 is 5.97 Å². The molecule has 0 saturated carbocycles. The summed E-state index contributed by atoms with van der Waals surface area (Å²) >= 11 is 4.69. The molecule has 0 amide bonds. The Morgan fingerprint density at radius 1 is 1.37 bits per heavy atom. The molecule has 0 N–H and O–H groups in total. The fraction of sp³-hybridized carbons (Fsp3) is 0.231. The molecule has 6 heteroatoms. The zero-order valence-corrected chi connectivity index (χ0v) is 12.9. The van der Waals surface area contributed by atoms with Crippen LogP contribution >= 0.6 is 27.3 Å². The molecular weight excluding hydrogens is 330 g/mol. The van der Waals surface area contributed by atoms with Crippen molar-refractivity contribution < 1.29 is 14.3 Å². The van der Waals surface area contributed by atoms with Gasteiger partial charge in [-0.25, -0.2) is 9.78 Å². The van der Waals surface area contributed by atoms with E-state index in [9.17, 15) is 4.79 Å². The number of ether oxygens (including phenoxy) is 2. The van der Waals surface area contributed by atoms with Gasteiger partial charge in [0.25, 0.3) is 0 Å². The van der Waals surface area contributed by atoms with Gasteiger partial charge in [0.1, 0.15) is 5.75 Å². The molecule has 0 unspecified atom stereocenters. The van der Waals surface area contributed by atoms with Crippen LogP contribution in [0, 0.1) is 0 Å². The van der Waals surface area contributed by atoms with Crippen molar-refractivity contribution >= 4 is 33.2 Å². The summed E-state index contributed by atoms with van der Waals surface area (Å²) in [6, 6.07) is 7.54. The third-order valence-corrected chi connectivity index (χ3v) is 3.96. The fourth-order valence-corrected chi connectivity index (χ4v) is 3.04. The van der Waals surface area contributed by atoms with E-state index in [0.717, 1.165) is 16.2 Å². The van der Waals surface area contributed by atoms with E-state index >= 15 is 0 Å². The van der Waals surface area contributed by atoms with Gasteiger partial charge in [0.05, 0.1) is 18.6 Å². The van der Waals surface area contributed by atoms with Crippen molar-refractivity contribution in [1.29, 1.82) is 0 Å². The highest BCUT2D eigenvalue weighted by molar-refractivity contribution is 9.11. The first kappa shape index (κ1) is 14.0. The Morgan fingerprint density at radius 2 is 2.05 bits per heavy atom. The number of benzene rings is 1. The standard InChI is InChI=1S/C13H12BrNO3S/c1-3-18-9-6-4-8(5-7-9)11-10(12(16)17-2)15-13(14)19-11/h4-7H,3H2,1-2H3. The Balaban J connectivity index is 2.38. The molecule has 0 aliphatic heterocycles. The number of thiazole rings is 1. The second-order valence-corrected chi connectivity index (χ2v) is 5.87. The van der Waals surface area contributed by atoms with Crippen molar-refractivity contribution in [2.45, 2.75) is 6.92 Å². The lowest BCUT2D eigenvalue weighted by atomic mass is 10.1. The Labute approximate surface area is 123 Å². The average molecular weight is 342 g/mol. The zero-order chi connectivity index (χ0) is 13.8. The summed E-state index contributed by atoms with van der Waals surface area (Å²) in [4.78, 5) is 16.6. The van der Waals surface area contributed by atoms with Gasteiger partial charge in [0.2, 0.25) is 0 Å². The summed E-state index contributed by atoms with van der Waals surface area (Å²) in [6.07, 6.45) is 0. The first-order valence-electron chi connectivity index (χ1n) is 5.63. The van der Waals surface area contributed by atoms with Gasteiger partial charge < -0.3 is 9.47 Å². The summed E-state index contributed by atoms with van der Waals surface area (Å²) in [5, 5.41) is 0. The van der Waals surface area contributed by atoms with E-state index in [-0.39, 0.29) is 0 Å². The van der Waals surface area contributed by atoms with Gasteiger partial charge in [-0.05, 0) is 52.7 Å². The SMILES string of the molecule is CCOc1ccc(-c2sc(Br)nc2C(=O)OC)cc1. The molecular formula is C13H12BrNO3S. The Bertz CT molecular complexity index is 580. The molecule has 4 nitrogen and oxygen atoms in total. The van der Waals surface area contributed by atoms with Crippen LogP contribution in [-0.2, 0) is 4.74 Å². The van der Waals surface area contributed by atoms with Crippen molar-refractivity contribution in [3.05, 3.63) is 33.9 Å².